The van der Waals surface area contributed by atoms with E-state index in [9.17, 15) is 14.9 Å². The van der Waals surface area contributed by atoms with Crippen molar-refractivity contribution in [3.05, 3.63) is 80.8 Å². The molecule has 0 saturated heterocycles. The minimum absolute atomic E-state index is 0.0486. The van der Waals surface area contributed by atoms with Crippen LogP contribution in [0.25, 0.3) is 0 Å². The number of nitrogens with zero attached hydrogens (tertiary/aromatic N) is 2. The number of thiazole rings is 1. The van der Waals surface area contributed by atoms with Crippen LogP contribution in [0.2, 0.25) is 0 Å². The first-order valence-electron chi connectivity index (χ1n) is 8.91. The molecule has 0 aliphatic carbocycles. The second kappa shape index (κ2) is 10.0. The van der Waals surface area contributed by atoms with Crippen LogP contribution in [0.15, 0.2) is 58.3 Å². The molecular weight excluding hydrogens is 408 g/mol. The molecule has 7 nitrogen and oxygen atoms in total. The van der Waals surface area contributed by atoms with Crippen LogP contribution in [0, 0.1) is 17.0 Å². The van der Waals surface area contributed by atoms with Gasteiger partial charge in [0, 0.05) is 53.3 Å². The van der Waals surface area contributed by atoms with Gasteiger partial charge >= 0.3 is 0 Å². The zero-order valence-electron chi connectivity index (χ0n) is 15.8. The van der Waals surface area contributed by atoms with Gasteiger partial charge in [-0.05, 0) is 36.8 Å². The van der Waals surface area contributed by atoms with E-state index in [2.05, 4.69) is 15.6 Å². The molecule has 2 aromatic carbocycles. The van der Waals surface area contributed by atoms with E-state index in [1.807, 2.05) is 36.6 Å². The summed E-state index contributed by atoms with van der Waals surface area (Å²) < 4.78 is 1.05. The van der Waals surface area contributed by atoms with Gasteiger partial charge in [-0.1, -0.05) is 23.9 Å². The standard InChI is InChI=1S/C20H20N4O3S2/c1-14-12-28-20(23-14)29-13-15-2-4-16(5-3-15)19(25)22-11-10-21-17-6-8-18(9-7-17)24(26)27/h2-9,12,21H,10-11,13H2,1H3,(H,22,25). The predicted octanol–water partition coefficient (Wildman–Crippen LogP) is 4.49. The fourth-order valence-corrected chi connectivity index (χ4v) is 4.29. The van der Waals surface area contributed by atoms with Crippen molar-refractivity contribution in [1.29, 1.82) is 0 Å². The molecule has 0 aliphatic rings. The fraction of sp³-hybridized carbons (Fsp3) is 0.200. The van der Waals surface area contributed by atoms with Crippen LogP contribution in [-0.2, 0) is 5.75 Å². The lowest BCUT2D eigenvalue weighted by molar-refractivity contribution is -0.384. The average molecular weight is 429 g/mol. The number of hydrogen-bond acceptors (Lipinski definition) is 7. The summed E-state index contributed by atoms with van der Waals surface area (Å²) in [6.45, 7) is 2.94. The van der Waals surface area contributed by atoms with Crippen LogP contribution in [0.4, 0.5) is 11.4 Å². The molecule has 0 bridgehead atoms. The third-order valence-electron chi connectivity index (χ3n) is 3.99. The summed E-state index contributed by atoms with van der Waals surface area (Å²) in [5, 5.41) is 18.6. The quantitative estimate of drug-likeness (QED) is 0.225. The van der Waals surface area contributed by atoms with E-state index in [0.717, 1.165) is 27.0 Å². The second-order valence-corrected chi connectivity index (χ2v) is 8.31. The molecule has 0 atom stereocenters. The van der Waals surface area contributed by atoms with Crippen molar-refractivity contribution in [2.45, 2.75) is 17.0 Å². The average Bonchev–Trinajstić information content (AvgIpc) is 3.15. The van der Waals surface area contributed by atoms with E-state index in [4.69, 9.17) is 0 Å². The molecule has 0 unspecified atom stereocenters. The predicted molar refractivity (Wildman–Crippen MR) is 117 cm³/mol. The van der Waals surface area contributed by atoms with Gasteiger partial charge in [0.1, 0.15) is 4.34 Å². The molecular formula is C20H20N4O3S2. The van der Waals surface area contributed by atoms with E-state index in [1.54, 1.807) is 35.2 Å². The number of nitro groups is 1. The number of rotatable bonds is 9. The second-order valence-electron chi connectivity index (χ2n) is 6.23. The van der Waals surface area contributed by atoms with Gasteiger partial charge in [-0.3, -0.25) is 14.9 Å². The van der Waals surface area contributed by atoms with Crippen LogP contribution < -0.4 is 10.6 Å². The van der Waals surface area contributed by atoms with Crippen molar-refractivity contribution in [1.82, 2.24) is 10.3 Å². The Labute approximate surface area is 176 Å². The largest absolute Gasteiger partial charge is 0.383 e. The monoisotopic (exact) mass is 428 g/mol. The number of thioether (sulfide) groups is 1. The summed E-state index contributed by atoms with van der Waals surface area (Å²) in [5.41, 5.74) is 3.60. The molecule has 0 fully saturated rings. The van der Waals surface area contributed by atoms with Crippen molar-refractivity contribution in [3.63, 3.8) is 0 Å². The Morgan fingerprint density at radius 3 is 2.48 bits per heavy atom. The molecule has 0 saturated carbocycles. The van der Waals surface area contributed by atoms with Gasteiger partial charge in [-0.25, -0.2) is 4.98 Å². The number of nitrogens with one attached hydrogen (secondary N) is 2. The van der Waals surface area contributed by atoms with Crippen molar-refractivity contribution < 1.29 is 9.72 Å². The summed E-state index contributed by atoms with van der Waals surface area (Å²) >= 11 is 3.33. The number of amides is 1. The highest BCUT2D eigenvalue weighted by molar-refractivity contribution is 8.00. The highest BCUT2D eigenvalue weighted by Crippen LogP contribution is 2.26. The van der Waals surface area contributed by atoms with E-state index >= 15 is 0 Å². The first-order chi connectivity index (χ1) is 14.0. The minimum atomic E-state index is -0.437. The number of anilines is 1. The minimum Gasteiger partial charge on any atom is -0.383 e. The van der Waals surface area contributed by atoms with Crippen LogP contribution in [-0.4, -0.2) is 28.9 Å². The number of aromatic nitrogens is 1. The SMILES string of the molecule is Cc1csc(SCc2ccc(C(=O)NCCNc3ccc([N+](=O)[O-])cc3)cc2)n1. The van der Waals surface area contributed by atoms with E-state index in [-0.39, 0.29) is 11.6 Å². The van der Waals surface area contributed by atoms with Gasteiger partial charge in [-0.15, -0.1) is 11.3 Å². The maximum atomic E-state index is 12.2. The Kier molecular flexibility index (Phi) is 7.20. The Balaban J connectivity index is 1.40. The van der Waals surface area contributed by atoms with Crippen LogP contribution in [0.5, 0.6) is 0 Å². The van der Waals surface area contributed by atoms with Crippen molar-refractivity contribution in [2.75, 3.05) is 18.4 Å². The number of aryl methyl sites for hydroxylation is 1. The molecule has 29 heavy (non-hydrogen) atoms. The highest BCUT2D eigenvalue weighted by Gasteiger charge is 2.07. The van der Waals surface area contributed by atoms with E-state index < -0.39 is 4.92 Å². The molecule has 0 radical (unpaired) electrons. The van der Waals surface area contributed by atoms with Gasteiger partial charge in [-0.2, -0.15) is 0 Å². The van der Waals surface area contributed by atoms with Crippen molar-refractivity contribution in [3.8, 4) is 0 Å². The lowest BCUT2D eigenvalue weighted by Gasteiger charge is -2.08. The topological polar surface area (TPSA) is 97.2 Å². The summed E-state index contributed by atoms with van der Waals surface area (Å²) in [4.78, 5) is 26.9. The molecule has 150 valence electrons. The van der Waals surface area contributed by atoms with Gasteiger partial charge in [0.05, 0.1) is 4.92 Å². The maximum Gasteiger partial charge on any atom is 0.269 e. The molecule has 0 aliphatic heterocycles. The molecule has 1 heterocycles. The Hall–Kier alpha value is -2.91. The maximum absolute atomic E-state index is 12.2. The van der Waals surface area contributed by atoms with Crippen molar-refractivity contribution >= 4 is 40.4 Å². The number of hydrogen-bond donors (Lipinski definition) is 2. The van der Waals surface area contributed by atoms with Crippen molar-refractivity contribution in [2.24, 2.45) is 0 Å². The van der Waals surface area contributed by atoms with Gasteiger partial charge in [0.15, 0.2) is 0 Å². The van der Waals surface area contributed by atoms with Crippen LogP contribution in [0.3, 0.4) is 0 Å². The number of carbonyl (C=O) groups is 1. The molecule has 2 N–H and O–H groups in total. The van der Waals surface area contributed by atoms with Gasteiger partial charge in [0.2, 0.25) is 0 Å². The molecule has 1 aromatic heterocycles. The Bertz CT molecular complexity index is 972. The third kappa shape index (κ3) is 6.30. The lowest BCUT2D eigenvalue weighted by Crippen LogP contribution is -2.28. The smallest absolute Gasteiger partial charge is 0.269 e. The Morgan fingerprint density at radius 2 is 1.86 bits per heavy atom. The first kappa shape index (κ1) is 20.8. The van der Waals surface area contributed by atoms with Crippen LogP contribution >= 0.6 is 23.1 Å². The Morgan fingerprint density at radius 1 is 1.14 bits per heavy atom. The summed E-state index contributed by atoms with van der Waals surface area (Å²) in [5.74, 6) is 0.679. The molecule has 0 spiro atoms. The van der Waals surface area contributed by atoms with Gasteiger partial charge < -0.3 is 10.6 Å². The summed E-state index contributed by atoms with van der Waals surface area (Å²) in [6, 6.07) is 13.7. The first-order valence-corrected chi connectivity index (χ1v) is 10.8. The summed E-state index contributed by atoms with van der Waals surface area (Å²) in [6.07, 6.45) is 0. The third-order valence-corrected chi connectivity index (χ3v) is 6.20. The van der Waals surface area contributed by atoms with Gasteiger partial charge in [0.25, 0.3) is 11.6 Å². The molecule has 3 rings (SSSR count). The normalized spacial score (nSPS) is 10.5. The number of benzene rings is 2. The van der Waals surface area contributed by atoms with E-state index in [1.165, 1.54) is 12.1 Å². The number of nitro benzene ring substituents is 1. The lowest BCUT2D eigenvalue weighted by atomic mass is 10.1. The zero-order chi connectivity index (χ0) is 20.6. The van der Waals surface area contributed by atoms with E-state index in [0.29, 0.717) is 18.7 Å². The number of carbonyl (C=O) groups excluding carboxylic acids is 1. The number of non-ortho nitro benzene ring substituents is 1. The fourth-order valence-electron chi connectivity index (χ4n) is 2.48. The molecule has 1 amide bonds. The highest BCUT2D eigenvalue weighted by atomic mass is 32.2. The van der Waals surface area contributed by atoms with Crippen LogP contribution in [0.1, 0.15) is 21.6 Å². The molecule has 9 heteroatoms. The summed E-state index contributed by atoms with van der Waals surface area (Å²) in [7, 11) is 0. The zero-order valence-corrected chi connectivity index (χ0v) is 17.4. The molecule has 3 aromatic rings.